The predicted molar refractivity (Wildman–Crippen MR) is 107 cm³/mol. The van der Waals surface area contributed by atoms with Crippen molar-refractivity contribution in [3.05, 3.63) is 29.8 Å². The van der Waals surface area contributed by atoms with Gasteiger partial charge in [-0.25, -0.2) is 0 Å². The highest BCUT2D eigenvalue weighted by Crippen LogP contribution is 2.19. The van der Waals surface area contributed by atoms with Crippen molar-refractivity contribution < 1.29 is 23.1 Å². The Labute approximate surface area is 175 Å². The topological polar surface area (TPSA) is 70.7 Å². The molecule has 0 spiro atoms. The van der Waals surface area contributed by atoms with Gasteiger partial charge in [0.1, 0.15) is 5.75 Å². The number of likely N-dealkylation sites (tertiary alicyclic amines) is 1. The quantitative estimate of drug-likeness (QED) is 0.695. The van der Waals surface area contributed by atoms with Gasteiger partial charge in [-0.2, -0.15) is 8.78 Å². The van der Waals surface area contributed by atoms with Crippen LogP contribution in [0.4, 0.5) is 8.78 Å². The highest BCUT2D eigenvalue weighted by Gasteiger charge is 2.26. The van der Waals surface area contributed by atoms with Crippen LogP contribution < -0.4 is 15.4 Å². The first-order valence-corrected chi connectivity index (χ1v) is 9.84. The van der Waals surface area contributed by atoms with E-state index in [1.807, 2.05) is 4.90 Å². The summed E-state index contributed by atoms with van der Waals surface area (Å²) in [6.07, 6.45) is 4.03. The SMILES string of the molecule is Cl.O=C(NCC1CCCN(C(=O)Cc2ccc(OC(F)F)cc2)C1)C1CCCN1. The molecule has 2 saturated heterocycles. The smallest absolute Gasteiger partial charge is 0.387 e. The Hall–Kier alpha value is -1.93. The van der Waals surface area contributed by atoms with Gasteiger partial charge in [-0.15, -0.1) is 12.4 Å². The molecule has 0 radical (unpaired) electrons. The van der Waals surface area contributed by atoms with Crippen molar-refractivity contribution in [2.75, 3.05) is 26.2 Å². The van der Waals surface area contributed by atoms with Gasteiger partial charge in [0.05, 0.1) is 12.5 Å². The fourth-order valence-electron chi connectivity index (χ4n) is 3.81. The number of hydrogen-bond donors (Lipinski definition) is 2. The Morgan fingerprint density at radius 2 is 1.97 bits per heavy atom. The minimum Gasteiger partial charge on any atom is -0.435 e. The Kier molecular flexibility index (Phi) is 9.10. The Morgan fingerprint density at radius 3 is 2.62 bits per heavy atom. The van der Waals surface area contributed by atoms with Gasteiger partial charge < -0.3 is 20.3 Å². The molecule has 0 aromatic heterocycles. The van der Waals surface area contributed by atoms with Crippen molar-refractivity contribution in [3.8, 4) is 5.75 Å². The van der Waals surface area contributed by atoms with E-state index >= 15 is 0 Å². The number of benzene rings is 1. The number of carbonyl (C=O) groups excluding carboxylic acids is 2. The average molecular weight is 432 g/mol. The molecule has 0 bridgehead atoms. The van der Waals surface area contributed by atoms with E-state index in [9.17, 15) is 18.4 Å². The molecular formula is C20H28ClF2N3O3. The zero-order valence-electron chi connectivity index (χ0n) is 16.2. The highest BCUT2D eigenvalue weighted by molar-refractivity contribution is 5.85. The summed E-state index contributed by atoms with van der Waals surface area (Å²) in [6.45, 7) is -0.0498. The molecule has 2 N–H and O–H groups in total. The fourth-order valence-corrected chi connectivity index (χ4v) is 3.81. The summed E-state index contributed by atoms with van der Waals surface area (Å²) in [5.41, 5.74) is 0.759. The van der Waals surface area contributed by atoms with Crippen molar-refractivity contribution in [1.82, 2.24) is 15.5 Å². The van der Waals surface area contributed by atoms with E-state index in [-0.39, 0.29) is 48.4 Å². The normalized spacial score (nSPS) is 21.6. The molecule has 2 unspecified atom stereocenters. The zero-order chi connectivity index (χ0) is 19.9. The molecule has 9 heteroatoms. The van der Waals surface area contributed by atoms with E-state index < -0.39 is 6.61 Å². The van der Waals surface area contributed by atoms with Crippen molar-refractivity contribution in [3.63, 3.8) is 0 Å². The number of carbonyl (C=O) groups is 2. The highest BCUT2D eigenvalue weighted by atomic mass is 35.5. The van der Waals surface area contributed by atoms with Gasteiger partial charge >= 0.3 is 6.61 Å². The maximum Gasteiger partial charge on any atom is 0.387 e. The van der Waals surface area contributed by atoms with Crippen molar-refractivity contribution in [2.45, 2.75) is 44.8 Å². The van der Waals surface area contributed by atoms with Gasteiger partial charge in [0.2, 0.25) is 11.8 Å². The van der Waals surface area contributed by atoms with Gasteiger partial charge in [-0.3, -0.25) is 9.59 Å². The second-order valence-corrected chi connectivity index (χ2v) is 7.44. The molecule has 6 nitrogen and oxygen atoms in total. The van der Waals surface area contributed by atoms with Crippen LogP contribution in [-0.2, 0) is 16.0 Å². The molecule has 2 aliphatic heterocycles. The van der Waals surface area contributed by atoms with Crippen molar-refractivity contribution in [1.29, 1.82) is 0 Å². The molecule has 1 aromatic carbocycles. The fraction of sp³-hybridized carbons (Fsp3) is 0.600. The molecule has 2 amide bonds. The lowest BCUT2D eigenvalue weighted by molar-refractivity contribution is -0.132. The number of nitrogens with one attached hydrogen (secondary N) is 2. The molecule has 2 fully saturated rings. The summed E-state index contributed by atoms with van der Waals surface area (Å²) in [5.74, 6) is 0.393. The summed E-state index contributed by atoms with van der Waals surface area (Å²) in [6, 6.07) is 6.07. The van der Waals surface area contributed by atoms with Crippen molar-refractivity contribution >= 4 is 24.2 Å². The number of piperidine rings is 1. The number of amides is 2. The molecule has 0 saturated carbocycles. The minimum atomic E-state index is -2.86. The second-order valence-electron chi connectivity index (χ2n) is 7.44. The lowest BCUT2D eigenvalue weighted by atomic mass is 9.97. The van der Waals surface area contributed by atoms with E-state index in [4.69, 9.17) is 0 Å². The number of ether oxygens (including phenoxy) is 1. The lowest BCUT2D eigenvalue weighted by Gasteiger charge is -2.33. The molecule has 3 rings (SSSR count). The summed E-state index contributed by atoms with van der Waals surface area (Å²) in [7, 11) is 0. The van der Waals surface area contributed by atoms with Crippen LogP contribution >= 0.6 is 12.4 Å². The third kappa shape index (κ3) is 7.12. The molecule has 1 aromatic rings. The summed E-state index contributed by atoms with van der Waals surface area (Å²) >= 11 is 0. The number of hydrogen-bond acceptors (Lipinski definition) is 4. The third-order valence-corrected chi connectivity index (χ3v) is 5.32. The Bertz CT molecular complexity index is 669. The largest absolute Gasteiger partial charge is 0.435 e. The molecule has 2 aliphatic rings. The summed E-state index contributed by atoms with van der Waals surface area (Å²) in [5, 5.41) is 6.20. The maximum absolute atomic E-state index is 12.6. The van der Waals surface area contributed by atoms with Crippen LogP contribution in [0.1, 0.15) is 31.2 Å². The van der Waals surface area contributed by atoms with Crippen molar-refractivity contribution in [2.24, 2.45) is 5.92 Å². The first-order chi connectivity index (χ1) is 13.5. The molecule has 29 heavy (non-hydrogen) atoms. The average Bonchev–Trinajstić information content (AvgIpc) is 3.22. The first-order valence-electron chi connectivity index (χ1n) is 9.84. The van der Waals surface area contributed by atoms with Gasteiger partial charge in [0.15, 0.2) is 0 Å². The molecule has 0 aliphatic carbocycles. The van der Waals surface area contributed by atoms with E-state index in [2.05, 4.69) is 15.4 Å². The molecule has 2 heterocycles. The number of halogens is 3. The standard InChI is InChI=1S/C20H27F2N3O3.ClH/c21-20(22)28-16-7-5-14(6-8-16)11-18(26)25-10-2-3-15(13-25)12-24-19(27)17-4-1-9-23-17;/h5-8,15,17,20,23H,1-4,9-13H2,(H,24,27);1H. The van der Waals surface area contributed by atoms with Gasteiger partial charge in [0, 0.05) is 19.6 Å². The third-order valence-electron chi connectivity index (χ3n) is 5.32. The van der Waals surface area contributed by atoms with Crippen LogP contribution in [-0.4, -0.2) is 55.5 Å². The van der Waals surface area contributed by atoms with Crippen LogP contribution in [0.3, 0.4) is 0 Å². The molecular weight excluding hydrogens is 404 g/mol. The van der Waals surface area contributed by atoms with Crippen LogP contribution in [0.25, 0.3) is 0 Å². The first kappa shape index (κ1) is 23.3. The predicted octanol–water partition coefficient (Wildman–Crippen LogP) is 2.36. The van der Waals surface area contributed by atoms with Gasteiger partial charge in [-0.05, 0) is 55.8 Å². The summed E-state index contributed by atoms with van der Waals surface area (Å²) in [4.78, 5) is 26.6. The number of alkyl halides is 2. The van der Waals surface area contributed by atoms with Gasteiger partial charge in [0.25, 0.3) is 0 Å². The van der Waals surface area contributed by atoms with E-state index in [1.165, 1.54) is 12.1 Å². The van der Waals surface area contributed by atoms with Crippen LogP contribution in [0, 0.1) is 5.92 Å². The molecule has 162 valence electrons. The number of nitrogens with zero attached hydrogens (tertiary/aromatic N) is 1. The van der Waals surface area contributed by atoms with Crippen LogP contribution in [0.2, 0.25) is 0 Å². The van der Waals surface area contributed by atoms with E-state index in [1.54, 1.807) is 12.1 Å². The second kappa shape index (κ2) is 11.3. The molecule has 2 atom stereocenters. The van der Waals surface area contributed by atoms with Crippen LogP contribution in [0.5, 0.6) is 5.75 Å². The number of rotatable bonds is 7. The Balaban J connectivity index is 0.00000300. The zero-order valence-corrected chi connectivity index (χ0v) is 17.1. The van der Waals surface area contributed by atoms with E-state index in [0.29, 0.717) is 19.6 Å². The van der Waals surface area contributed by atoms with Gasteiger partial charge in [-0.1, -0.05) is 12.1 Å². The summed E-state index contributed by atoms with van der Waals surface area (Å²) < 4.78 is 28.7. The lowest BCUT2D eigenvalue weighted by Crippen LogP contribution is -2.47. The Morgan fingerprint density at radius 1 is 1.21 bits per heavy atom. The minimum absolute atomic E-state index is 0. The monoisotopic (exact) mass is 431 g/mol. The van der Waals surface area contributed by atoms with Crippen LogP contribution in [0.15, 0.2) is 24.3 Å². The maximum atomic E-state index is 12.6. The van der Waals surface area contributed by atoms with E-state index in [0.717, 1.165) is 37.8 Å².